The fourth-order valence-corrected chi connectivity index (χ4v) is 2.76. The minimum Gasteiger partial charge on any atom is -0.338 e. The quantitative estimate of drug-likeness (QED) is 0.854. The van der Waals surface area contributed by atoms with Crippen molar-refractivity contribution in [3.8, 4) is 0 Å². The molecule has 4 heteroatoms. The van der Waals surface area contributed by atoms with E-state index in [2.05, 4.69) is 29.3 Å². The first-order chi connectivity index (χ1) is 7.63. The van der Waals surface area contributed by atoms with Gasteiger partial charge in [-0.15, -0.1) is 0 Å². The fraction of sp³-hybridized carbons (Fsp3) is 0.833. The van der Waals surface area contributed by atoms with Gasteiger partial charge in [-0.3, -0.25) is 0 Å². The van der Waals surface area contributed by atoms with Gasteiger partial charge in [0.15, 0.2) is 5.82 Å². The number of nitrogens with zero attached hydrogens (tertiary/aromatic N) is 2. The fourth-order valence-electron chi connectivity index (χ4n) is 2.76. The summed E-state index contributed by atoms with van der Waals surface area (Å²) in [6.07, 6.45) is 3.88. The molecule has 0 bridgehead atoms. The van der Waals surface area contributed by atoms with Gasteiger partial charge in [0, 0.05) is 6.04 Å². The van der Waals surface area contributed by atoms with E-state index in [1.807, 2.05) is 6.92 Å². The Morgan fingerprint density at radius 2 is 1.94 bits per heavy atom. The zero-order chi connectivity index (χ0) is 11.5. The number of aryl methyl sites for hydroxylation is 1. The molecule has 4 nitrogen and oxygen atoms in total. The van der Waals surface area contributed by atoms with Crippen LogP contribution in [0.25, 0.3) is 0 Å². The van der Waals surface area contributed by atoms with Crippen LogP contribution in [0.5, 0.6) is 0 Å². The zero-order valence-corrected chi connectivity index (χ0v) is 10.4. The molecule has 0 spiro atoms. The number of rotatable bonds is 3. The second-order valence-corrected chi connectivity index (χ2v) is 5.23. The Balaban J connectivity index is 1.81. The van der Waals surface area contributed by atoms with Crippen molar-refractivity contribution in [1.82, 2.24) is 15.5 Å². The van der Waals surface area contributed by atoms with Gasteiger partial charge in [-0.25, -0.2) is 0 Å². The first-order valence-electron chi connectivity index (χ1n) is 6.16. The van der Waals surface area contributed by atoms with Crippen LogP contribution < -0.4 is 5.32 Å². The van der Waals surface area contributed by atoms with E-state index in [0.717, 1.165) is 11.8 Å². The lowest BCUT2D eigenvalue weighted by Gasteiger charge is -2.31. The summed E-state index contributed by atoms with van der Waals surface area (Å²) in [5.41, 5.74) is 0. The van der Waals surface area contributed by atoms with Crippen molar-refractivity contribution in [2.24, 2.45) is 11.8 Å². The molecule has 16 heavy (non-hydrogen) atoms. The van der Waals surface area contributed by atoms with Crippen molar-refractivity contribution in [2.75, 3.05) is 0 Å². The van der Waals surface area contributed by atoms with Gasteiger partial charge in [-0.05, 0) is 38.0 Å². The Hall–Kier alpha value is -0.900. The van der Waals surface area contributed by atoms with Crippen molar-refractivity contribution >= 4 is 0 Å². The summed E-state index contributed by atoms with van der Waals surface area (Å²) in [6.45, 7) is 7.21. The molecule has 1 saturated carbocycles. The molecule has 1 fully saturated rings. The molecule has 1 heterocycles. The van der Waals surface area contributed by atoms with Gasteiger partial charge in [0.25, 0.3) is 0 Å². The SMILES string of the molecule is Cc1noc(CNC2CC(C)CC(C)C2)n1. The van der Waals surface area contributed by atoms with Crippen molar-refractivity contribution in [1.29, 1.82) is 0 Å². The molecule has 0 radical (unpaired) electrons. The largest absolute Gasteiger partial charge is 0.338 e. The van der Waals surface area contributed by atoms with Crippen molar-refractivity contribution in [3.05, 3.63) is 11.7 Å². The third-order valence-corrected chi connectivity index (χ3v) is 3.29. The third-order valence-electron chi connectivity index (χ3n) is 3.29. The molecule has 0 amide bonds. The van der Waals surface area contributed by atoms with Gasteiger partial charge in [0.1, 0.15) is 0 Å². The Bertz CT molecular complexity index is 327. The lowest BCUT2D eigenvalue weighted by atomic mass is 9.80. The second-order valence-electron chi connectivity index (χ2n) is 5.23. The van der Waals surface area contributed by atoms with Crippen molar-refractivity contribution in [3.63, 3.8) is 0 Å². The average molecular weight is 223 g/mol. The predicted octanol–water partition coefficient (Wildman–Crippen LogP) is 2.29. The number of aromatic nitrogens is 2. The average Bonchev–Trinajstić information content (AvgIpc) is 2.60. The van der Waals surface area contributed by atoms with Gasteiger partial charge in [0.05, 0.1) is 6.54 Å². The first kappa shape index (κ1) is 11.6. The molecular weight excluding hydrogens is 202 g/mol. The third kappa shape index (κ3) is 3.04. The van der Waals surface area contributed by atoms with Crippen LogP contribution in [0.15, 0.2) is 4.52 Å². The highest BCUT2D eigenvalue weighted by Crippen LogP contribution is 2.28. The normalized spacial score (nSPS) is 30.6. The maximum Gasteiger partial charge on any atom is 0.240 e. The monoisotopic (exact) mass is 223 g/mol. The highest BCUT2D eigenvalue weighted by Gasteiger charge is 2.23. The molecule has 1 aliphatic rings. The number of nitrogens with one attached hydrogen (secondary N) is 1. The summed E-state index contributed by atoms with van der Waals surface area (Å²) in [6, 6.07) is 0.603. The minimum absolute atomic E-state index is 0.603. The Labute approximate surface area is 96.8 Å². The van der Waals surface area contributed by atoms with E-state index >= 15 is 0 Å². The van der Waals surface area contributed by atoms with Crippen LogP contribution in [0, 0.1) is 18.8 Å². The molecule has 0 aromatic carbocycles. The smallest absolute Gasteiger partial charge is 0.240 e. The maximum absolute atomic E-state index is 5.09. The summed E-state index contributed by atoms with van der Waals surface area (Å²) in [5, 5.41) is 7.30. The van der Waals surface area contributed by atoms with Crippen LogP contribution in [0.2, 0.25) is 0 Å². The van der Waals surface area contributed by atoms with E-state index in [4.69, 9.17) is 4.52 Å². The number of hydrogen-bond acceptors (Lipinski definition) is 4. The van der Waals surface area contributed by atoms with Gasteiger partial charge in [-0.1, -0.05) is 19.0 Å². The summed E-state index contributed by atoms with van der Waals surface area (Å²) in [4.78, 5) is 4.19. The number of hydrogen-bond donors (Lipinski definition) is 1. The highest BCUT2D eigenvalue weighted by atomic mass is 16.5. The zero-order valence-electron chi connectivity index (χ0n) is 10.4. The molecule has 1 aromatic heterocycles. The summed E-state index contributed by atoms with van der Waals surface area (Å²) in [5.74, 6) is 3.06. The van der Waals surface area contributed by atoms with Crippen LogP contribution in [0.3, 0.4) is 0 Å². The van der Waals surface area contributed by atoms with Crippen molar-refractivity contribution in [2.45, 2.75) is 52.6 Å². The Morgan fingerprint density at radius 1 is 1.25 bits per heavy atom. The Morgan fingerprint density at radius 3 is 2.50 bits per heavy atom. The molecular formula is C12H21N3O. The van der Waals surface area contributed by atoms with Crippen LogP contribution >= 0.6 is 0 Å². The van der Waals surface area contributed by atoms with E-state index in [9.17, 15) is 0 Å². The van der Waals surface area contributed by atoms with Crippen LogP contribution in [0.1, 0.15) is 44.8 Å². The van der Waals surface area contributed by atoms with E-state index < -0.39 is 0 Å². The summed E-state index contributed by atoms with van der Waals surface area (Å²) < 4.78 is 5.09. The van der Waals surface area contributed by atoms with E-state index in [-0.39, 0.29) is 0 Å². The summed E-state index contributed by atoms with van der Waals surface area (Å²) >= 11 is 0. The molecule has 2 unspecified atom stereocenters. The molecule has 2 rings (SSSR count). The molecule has 1 aromatic rings. The van der Waals surface area contributed by atoms with E-state index in [1.54, 1.807) is 0 Å². The van der Waals surface area contributed by atoms with Crippen LogP contribution in [-0.2, 0) is 6.54 Å². The van der Waals surface area contributed by atoms with Crippen molar-refractivity contribution < 1.29 is 4.52 Å². The molecule has 0 aliphatic heterocycles. The Kier molecular flexibility index (Phi) is 3.59. The molecule has 90 valence electrons. The standard InChI is InChI=1S/C12H21N3O/c1-8-4-9(2)6-11(5-8)13-7-12-14-10(3)15-16-12/h8-9,11,13H,4-7H2,1-3H3. The second kappa shape index (κ2) is 4.95. The van der Waals surface area contributed by atoms with E-state index in [1.165, 1.54) is 19.3 Å². The minimum atomic E-state index is 0.603. The molecule has 1 N–H and O–H groups in total. The van der Waals surface area contributed by atoms with E-state index in [0.29, 0.717) is 24.3 Å². The predicted molar refractivity (Wildman–Crippen MR) is 61.8 cm³/mol. The lowest BCUT2D eigenvalue weighted by molar-refractivity contribution is 0.231. The van der Waals surface area contributed by atoms with Crippen LogP contribution in [0.4, 0.5) is 0 Å². The first-order valence-corrected chi connectivity index (χ1v) is 6.16. The van der Waals surface area contributed by atoms with Gasteiger partial charge in [-0.2, -0.15) is 4.98 Å². The maximum atomic E-state index is 5.09. The lowest BCUT2D eigenvalue weighted by Crippen LogP contribution is -2.35. The molecule has 0 saturated heterocycles. The topological polar surface area (TPSA) is 51.0 Å². The van der Waals surface area contributed by atoms with Gasteiger partial charge < -0.3 is 9.84 Å². The summed E-state index contributed by atoms with van der Waals surface area (Å²) in [7, 11) is 0. The van der Waals surface area contributed by atoms with Gasteiger partial charge in [0.2, 0.25) is 5.89 Å². The molecule has 1 aliphatic carbocycles. The van der Waals surface area contributed by atoms with Crippen LogP contribution in [-0.4, -0.2) is 16.2 Å². The molecule has 2 atom stereocenters. The van der Waals surface area contributed by atoms with Gasteiger partial charge >= 0.3 is 0 Å². The highest BCUT2D eigenvalue weighted by molar-refractivity contribution is 4.85.